The summed E-state index contributed by atoms with van der Waals surface area (Å²) in [5, 5.41) is 10.4. The lowest BCUT2D eigenvalue weighted by Gasteiger charge is -2.17. The van der Waals surface area contributed by atoms with Crippen LogP contribution in [0.1, 0.15) is 49.4 Å². The Morgan fingerprint density at radius 1 is 0.925 bits per heavy atom. The quantitative estimate of drug-likeness (QED) is 0.267. The van der Waals surface area contributed by atoms with Crippen LogP contribution >= 0.6 is 0 Å². The van der Waals surface area contributed by atoms with Gasteiger partial charge in [0.05, 0.1) is 22.2 Å². The zero-order chi connectivity index (χ0) is 27.9. The lowest BCUT2D eigenvalue weighted by molar-refractivity contribution is 0.0954. The molecule has 4 aromatic rings. The summed E-state index contributed by atoms with van der Waals surface area (Å²) in [6, 6.07) is 25.9. The third-order valence-corrected chi connectivity index (χ3v) is 8.37. The molecule has 200 valence electrons. The van der Waals surface area contributed by atoms with Crippen LogP contribution in [0.5, 0.6) is 0 Å². The van der Waals surface area contributed by atoms with Crippen LogP contribution in [0.25, 0.3) is 0 Å². The van der Waals surface area contributed by atoms with Crippen molar-refractivity contribution in [3.8, 4) is 0 Å². The molecule has 0 bridgehead atoms. The summed E-state index contributed by atoms with van der Waals surface area (Å²) in [4.78, 5) is 26.4. The normalized spacial score (nSPS) is 17.3. The van der Waals surface area contributed by atoms with E-state index in [1.54, 1.807) is 42.6 Å². The fourth-order valence-corrected chi connectivity index (χ4v) is 6.13. The minimum absolute atomic E-state index is 0.0870. The van der Waals surface area contributed by atoms with Gasteiger partial charge in [-0.25, -0.2) is 13.8 Å². The molecular formula is C30H25N5O4S. The van der Waals surface area contributed by atoms with Crippen molar-refractivity contribution in [2.24, 2.45) is 5.10 Å². The first kappa shape index (κ1) is 25.3. The molecule has 4 aromatic carbocycles. The number of nitrogens with one attached hydrogen (secondary N) is 4. The summed E-state index contributed by atoms with van der Waals surface area (Å²) >= 11 is 0. The first-order valence-corrected chi connectivity index (χ1v) is 14.1. The SMILES string of the molecule is Cc1ccc(S(=O)(=O)Nc2ccccc2C(=O)Nc2cc3c4c(c2)C(=O)NN=CC4C(c2ccccc2)N3)cc1. The first-order valence-electron chi connectivity index (χ1n) is 12.6. The molecule has 2 aliphatic rings. The number of nitrogens with zero attached hydrogens (tertiary/aromatic N) is 1. The Hall–Kier alpha value is -4.96. The van der Waals surface area contributed by atoms with Crippen molar-refractivity contribution in [2.75, 3.05) is 15.4 Å². The van der Waals surface area contributed by atoms with Crippen LogP contribution < -0.4 is 20.8 Å². The summed E-state index contributed by atoms with van der Waals surface area (Å²) in [7, 11) is -3.93. The molecule has 4 N–H and O–H groups in total. The molecule has 2 amide bonds. The molecular weight excluding hydrogens is 526 g/mol. The predicted molar refractivity (Wildman–Crippen MR) is 154 cm³/mol. The van der Waals surface area contributed by atoms with E-state index >= 15 is 0 Å². The number of hydrazone groups is 1. The molecule has 0 aliphatic carbocycles. The highest BCUT2D eigenvalue weighted by Crippen LogP contribution is 2.46. The average molecular weight is 552 g/mol. The van der Waals surface area contributed by atoms with Gasteiger partial charge in [0.1, 0.15) is 0 Å². The van der Waals surface area contributed by atoms with E-state index in [2.05, 4.69) is 25.9 Å². The molecule has 0 aromatic heterocycles. The Labute approximate surface area is 231 Å². The molecule has 40 heavy (non-hydrogen) atoms. The summed E-state index contributed by atoms with van der Waals surface area (Å²) in [6.45, 7) is 1.87. The van der Waals surface area contributed by atoms with Gasteiger partial charge in [0, 0.05) is 29.1 Å². The zero-order valence-corrected chi connectivity index (χ0v) is 22.2. The summed E-state index contributed by atoms with van der Waals surface area (Å²) in [5.41, 5.74) is 7.07. The molecule has 0 fully saturated rings. The van der Waals surface area contributed by atoms with Crippen molar-refractivity contribution in [3.63, 3.8) is 0 Å². The maximum absolute atomic E-state index is 13.4. The minimum atomic E-state index is -3.93. The monoisotopic (exact) mass is 551 g/mol. The van der Waals surface area contributed by atoms with Gasteiger partial charge in [-0.15, -0.1) is 0 Å². The number of hydrogen-bond donors (Lipinski definition) is 4. The number of benzene rings is 4. The molecule has 2 unspecified atom stereocenters. The molecule has 0 saturated heterocycles. The Kier molecular flexibility index (Phi) is 6.31. The number of carbonyl (C=O) groups is 2. The Morgan fingerprint density at radius 2 is 1.65 bits per heavy atom. The van der Waals surface area contributed by atoms with Gasteiger partial charge < -0.3 is 10.6 Å². The Bertz CT molecular complexity index is 1770. The van der Waals surface area contributed by atoms with Gasteiger partial charge in [-0.2, -0.15) is 5.10 Å². The van der Waals surface area contributed by atoms with Crippen LogP contribution in [0.4, 0.5) is 17.1 Å². The van der Waals surface area contributed by atoms with E-state index < -0.39 is 15.9 Å². The molecule has 2 atom stereocenters. The molecule has 0 saturated carbocycles. The number of anilines is 3. The molecule has 6 rings (SSSR count). The second-order valence-electron chi connectivity index (χ2n) is 9.68. The third kappa shape index (κ3) is 4.69. The van der Waals surface area contributed by atoms with E-state index in [1.807, 2.05) is 37.3 Å². The van der Waals surface area contributed by atoms with Gasteiger partial charge in [-0.1, -0.05) is 60.2 Å². The van der Waals surface area contributed by atoms with Gasteiger partial charge in [0.15, 0.2) is 0 Å². The predicted octanol–water partition coefficient (Wildman–Crippen LogP) is 5.03. The van der Waals surface area contributed by atoms with Crippen LogP contribution in [-0.2, 0) is 10.0 Å². The van der Waals surface area contributed by atoms with Crippen LogP contribution in [0, 0.1) is 6.92 Å². The van der Waals surface area contributed by atoms with Crippen LogP contribution in [0.15, 0.2) is 101 Å². The molecule has 0 spiro atoms. The number of carbonyl (C=O) groups excluding carboxylic acids is 2. The fraction of sp³-hybridized carbons (Fsp3) is 0.100. The summed E-state index contributed by atoms with van der Waals surface area (Å²) < 4.78 is 28.5. The molecule has 9 nitrogen and oxygen atoms in total. The van der Waals surface area contributed by atoms with Crippen LogP contribution in [0.2, 0.25) is 0 Å². The summed E-state index contributed by atoms with van der Waals surface area (Å²) in [6.07, 6.45) is 1.72. The Morgan fingerprint density at radius 3 is 2.42 bits per heavy atom. The van der Waals surface area contributed by atoms with Crippen molar-refractivity contribution in [1.82, 2.24) is 5.43 Å². The lowest BCUT2D eigenvalue weighted by atomic mass is 9.88. The van der Waals surface area contributed by atoms with E-state index in [9.17, 15) is 18.0 Å². The van der Waals surface area contributed by atoms with E-state index in [0.29, 0.717) is 16.9 Å². The van der Waals surface area contributed by atoms with Crippen LogP contribution in [-0.4, -0.2) is 26.4 Å². The van der Waals surface area contributed by atoms with Crippen LogP contribution in [0.3, 0.4) is 0 Å². The third-order valence-electron chi connectivity index (χ3n) is 6.99. The average Bonchev–Trinajstić information content (AvgIpc) is 3.22. The van der Waals surface area contributed by atoms with Crippen molar-refractivity contribution in [1.29, 1.82) is 0 Å². The number of hydrogen-bond acceptors (Lipinski definition) is 6. The molecule has 2 heterocycles. The second-order valence-corrected chi connectivity index (χ2v) is 11.4. The topological polar surface area (TPSA) is 129 Å². The van der Waals surface area contributed by atoms with Gasteiger partial charge in [0.2, 0.25) is 0 Å². The number of sulfonamides is 1. The van der Waals surface area contributed by atoms with Crippen molar-refractivity contribution in [3.05, 3.63) is 119 Å². The molecule has 2 aliphatic heterocycles. The first-order chi connectivity index (χ1) is 19.3. The molecule has 0 radical (unpaired) electrons. The largest absolute Gasteiger partial charge is 0.377 e. The number of para-hydroxylation sites is 1. The van der Waals surface area contributed by atoms with Gasteiger partial charge in [-0.3, -0.25) is 14.3 Å². The second kappa shape index (κ2) is 9.97. The standard InChI is InChI=1S/C30H25N5O4S/c1-18-11-13-21(14-12-18)40(38,39)35-25-10-6-5-9-22(25)29(36)32-20-15-23-27-24(17-31-34-30(23)37)28(33-26(27)16-20)19-7-3-2-4-8-19/h2-17,24,28,33,35H,1H3,(H,32,36)(H,34,37). The van der Waals surface area contributed by atoms with Crippen molar-refractivity contribution >= 4 is 45.1 Å². The van der Waals surface area contributed by atoms with E-state index in [-0.39, 0.29) is 34.0 Å². The number of aryl methyl sites for hydroxylation is 1. The van der Waals surface area contributed by atoms with E-state index in [1.165, 1.54) is 24.3 Å². The maximum atomic E-state index is 13.4. The van der Waals surface area contributed by atoms with E-state index in [0.717, 1.165) is 16.7 Å². The Balaban J connectivity index is 1.31. The van der Waals surface area contributed by atoms with Gasteiger partial charge in [-0.05, 0) is 54.4 Å². The molecule has 10 heteroatoms. The highest BCUT2D eigenvalue weighted by molar-refractivity contribution is 7.92. The minimum Gasteiger partial charge on any atom is -0.377 e. The van der Waals surface area contributed by atoms with Gasteiger partial charge >= 0.3 is 0 Å². The smallest absolute Gasteiger partial charge is 0.271 e. The zero-order valence-electron chi connectivity index (χ0n) is 21.4. The summed E-state index contributed by atoms with van der Waals surface area (Å²) in [5.74, 6) is -1.10. The highest BCUT2D eigenvalue weighted by atomic mass is 32.2. The number of rotatable bonds is 6. The number of amides is 2. The van der Waals surface area contributed by atoms with Crippen molar-refractivity contribution in [2.45, 2.75) is 23.8 Å². The van der Waals surface area contributed by atoms with Gasteiger partial charge in [0.25, 0.3) is 21.8 Å². The lowest BCUT2D eigenvalue weighted by Crippen LogP contribution is -2.20. The highest BCUT2D eigenvalue weighted by Gasteiger charge is 2.37. The van der Waals surface area contributed by atoms with Crippen molar-refractivity contribution < 1.29 is 18.0 Å². The fourth-order valence-electron chi connectivity index (χ4n) is 5.05. The van der Waals surface area contributed by atoms with E-state index in [4.69, 9.17) is 0 Å². The maximum Gasteiger partial charge on any atom is 0.271 e.